The Morgan fingerprint density at radius 3 is 2.71 bits per heavy atom. The lowest BCUT2D eigenvalue weighted by Gasteiger charge is -2.29. The first-order valence-corrected chi connectivity index (χ1v) is 9.18. The van der Waals surface area contributed by atoms with E-state index in [4.69, 9.17) is 4.42 Å². The molecule has 148 valence electrons. The molecule has 0 bridgehead atoms. The van der Waals surface area contributed by atoms with Gasteiger partial charge in [0.2, 0.25) is 0 Å². The minimum Gasteiger partial charge on any atom is -0.459 e. The van der Waals surface area contributed by atoms with E-state index in [0.717, 1.165) is 24.1 Å². The Morgan fingerprint density at radius 2 is 2.00 bits per heavy atom. The van der Waals surface area contributed by atoms with Crippen LogP contribution < -0.4 is 15.5 Å². The van der Waals surface area contributed by atoms with Crippen LogP contribution in [0.5, 0.6) is 0 Å². The molecule has 2 heterocycles. The SMILES string of the molecule is CN(C)CCNC(=O)C(=O)Nc1ccc2c(c1)N(C(=O)c1ccco1)CCC2. The number of hydrogen-bond donors (Lipinski definition) is 2. The molecule has 3 rings (SSSR count). The topological polar surface area (TPSA) is 94.9 Å². The van der Waals surface area contributed by atoms with E-state index in [0.29, 0.717) is 25.3 Å². The second-order valence-corrected chi connectivity index (χ2v) is 6.89. The number of hydrogen-bond acceptors (Lipinski definition) is 5. The number of rotatable bonds is 5. The van der Waals surface area contributed by atoms with Crippen molar-refractivity contribution in [1.82, 2.24) is 10.2 Å². The molecule has 2 N–H and O–H groups in total. The molecule has 3 amide bonds. The van der Waals surface area contributed by atoms with Crippen molar-refractivity contribution in [2.45, 2.75) is 12.8 Å². The van der Waals surface area contributed by atoms with Crippen molar-refractivity contribution in [1.29, 1.82) is 0 Å². The third-order valence-corrected chi connectivity index (χ3v) is 4.49. The lowest BCUT2D eigenvalue weighted by Crippen LogP contribution is -2.39. The van der Waals surface area contributed by atoms with Gasteiger partial charge in [-0.15, -0.1) is 0 Å². The normalized spacial score (nSPS) is 13.2. The summed E-state index contributed by atoms with van der Waals surface area (Å²) in [5.41, 5.74) is 2.20. The van der Waals surface area contributed by atoms with Crippen LogP contribution in [-0.4, -0.2) is 56.4 Å². The number of nitrogens with zero attached hydrogens (tertiary/aromatic N) is 2. The Labute approximate surface area is 163 Å². The Kier molecular flexibility index (Phi) is 6.10. The summed E-state index contributed by atoms with van der Waals surface area (Å²) in [5, 5.41) is 5.17. The van der Waals surface area contributed by atoms with Gasteiger partial charge < -0.3 is 24.9 Å². The predicted octanol–water partition coefficient (Wildman–Crippen LogP) is 1.49. The first-order valence-electron chi connectivity index (χ1n) is 9.18. The van der Waals surface area contributed by atoms with Gasteiger partial charge in [0.1, 0.15) is 0 Å². The zero-order valence-corrected chi connectivity index (χ0v) is 16.0. The number of aryl methyl sites for hydroxylation is 1. The summed E-state index contributed by atoms with van der Waals surface area (Å²) < 4.78 is 5.23. The van der Waals surface area contributed by atoms with E-state index in [1.54, 1.807) is 29.2 Å². The number of nitrogens with one attached hydrogen (secondary N) is 2. The number of anilines is 2. The molecule has 8 nitrogen and oxygen atoms in total. The number of fused-ring (bicyclic) bond motifs is 1. The second-order valence-electron chi connectivity index (χ2n) is 6.89. The Morgan fingerprint density at radius 1 is 1.18 bits per heavy atom. The maximum Gasteiger partial charge on any atom is 0.313 e. The number of amides is 3. The Bertz CT molecular complexity index is 861. The number of likely N-dealkylation sites (N-methyl/N-ethyl adjacent to an activating group) is 1. The second kappa shape index (κ2) is 8.71. The van der Waals surface area contributed by atoms with Gasteiger partial charge in [-0.2, -0.15) is 0 Å². The number of carbonyl (C=O) groups is 3. The van der Waals surface area contributed by atoms with Crippen LogP contribution in [-0.2, 0) is 16.0 Å². The third-order valence-electron chi connectivity index (χ3n) is 4.49. The monoisotopic (exact) mass is 384 g/mol. The van der Waals surface area contributed by atoms with E-state index in [1.165, 1.54) is 6.26 Å². The van der Waals surface area contributed by atoms with E-state index < -0.39 is 11.8 Å². The summed E-state index contributed by atoms with van der Waals surface area (Å²) in [7, 11) is 3.77. The van der Waals surface area contributed by atoms with Crippen LogP contribution >= 0.6 is 0 Å². The standard InChI is InChI=1S/C20H24N4O4/c1-23(2)11-9-21-18(25)19(26)22-15-8-7-14-5-3-10-24(16(14)13-15)20(27)17-6-4-12-28-17/h4,6-8,12-13H,3,5,9-11H2,1-2H3,(H,21,25)(H,22,26). The molecular weight excluding hydrogens is 360 g/mol. The molecule has 8 heteroatoms. The van der Waals surface area contributed by atoms with Crippen molar-refractivity contribution in [3.05, 3.63) is 47.9 Å². The molecule has 0 atom stereocenters. The molecule has 1 aromatic heterocycles. The van der Waals surface area contributed by atoms with Crippen molar-refractivity contribution in [3.8, 4) is 0 Å². The molecule has 0 unspecified atom stereocenters. The Hall–Kier alpha value is -3.13. The van der Waals surface area contributed by atoms with Crippen LogP contribution in [0.2, 0.25) is 0 Å². The molecule has 0 radical (unpaired) electrons. The minimum absolute atomic E-state index is 0.226. The number of benzene rings is 1. The largest absolute Gasteiger partial charge is 0.459 e. The van der Waals surface area contributed by atoms with Gasteiger partial charge in [-0.25, -0.2) is 0 Å². The van der Waals surface area contributed by atoms with Crippen LogP contribution in [0.3, 0.4) is 0 Å². The third kappa shape index (κ3) is 4.58. The molecule has 1 aliphatic heterocycles. The maximum atomic E-state index is 12.7. The van der Waals surface area contributed by atoms with Crippen molar-refractivity contribution in [2.75, 3.05) is 43.9 Å². The highest BCUT2D eigenvalue weighted by atomic mass is 16.3. The van der Waals surface area contributed by atoms with Gasteiger partial charge in [-0.3, -0.25) is 14.4 Å². The molecule has 0 fully saturated rings. The van der Waals surface area contributed by atoms with Crippen LogP contribution in [0.25, 0.3) is 0 Å². The predicted molar refractivity (Wildman–Crippen MR) is 105 cm³/mol. The van der Waals surface area contributed by atoms with Crippen LogP contribution in [0.15, 0.2) is 41.0 Å². The minimum atomic E-state index is -0.738. The zero-order chi connectivity index (χ0) is 20.1. The van der Waals surface area contributed by atoms with E-state index in [-0.39, 0.29) is 11.7 Å². The molecule has 1 aliphatic rings. The van der Waals surface area contributed by atoms with Crippen molar-refractivity contribution in [2.24, 2.45) is 0 Å². The lowest BCUT2D eigenvalue weighted by atomic mass is 10.0. The van der Waals surface area contributed by atoms with E-state index in [1.807, 2.05) is 25.1 Å². The van der Waals surface area contributed by atoms with Crippen LogP contribution in [0.1, 0.15) is 22.5 Å². The summed E-state index contributed by atoms with van der Waals surface area (Å²) in [6.45, 7) is 1.59. The van der Waals surface area contributed by atoms with Gasteiger partial charge in [0, 0.05) is 31.0 Å². The molecular formula is C20H24N4O4. The van der Waals surface area contributed by atoms with Crippen molar-refractivity contribution < 1.29 is 18.8 Å². The highest BCUT2D eigenvalue weighted by Crippen LogP contribution is 2.31. The van der Waals surface area contributed by atoms with Gasteiger partial charge in [-0.05, 0) is 56.8 Å². The number of furan rings is 1. The molecule has 0 saturated heterocycles. The van der Waals surface area contributed by atoms with Gasteiger partial charge in [0.15, 0.2) is 5.76 Å². The van der Waals surface area contributed by atoms with E-state index in [2.05, 4.69) is 10.6 Å². The van der Waals surface area contributed by atoms with Crippen LogP contribution in [0.4, 0.5) is 11.4 Å². The average Bonchev–Trinajstić information content (AvgIpc) is 3.21. The van der Waals surface area contributed by atoms with Crippen LogP contribution in [0, 0.1) is 0 Å². The fraction of sp³-hybridized carbons (Fsp3) is 0.350. The highest BCUT2D eigenvalue weighted by molar-refractivity contribution is 6.39. The summed E-state index contributed by atoms with van der Waals surface area (Å²) in [6.07, 6.45) is 3.15. The molecule has 0 spiro atoms. The van der Waals surface area contributed by atoms with Crippen molar-refractivity contribution in [3.63, 3.8) is 0 Å². The van der Waals surface area contributed by atoms with E-state index in [9.17, 15) is 14.4 Å². The first kappa shape index (κ1) is 19.6. The van der Waals surface area contributed by atoms with Crippen molar-refractivity contribution >= 4 is 29.1 Å². The van der Waals surface area contributed by atoms with Gasteiger partial charge >= 0.3 is 11.8 Å². The lowest BCUT2D eigenvalue weighted by molar-refractivity contribution is -0.136. The smallest absolute Gasteiger partial charge is 0.313 e. The summed E-state index contributed by atoms with van der Waals surface area (Å²) >= 11 is 0. The quantitative estimate of drug-likeness (QED) is 0.762. The highest BCUT2D eigenvalue weighted by Gasteiger charge is 2.26. The summed E-state index contributed by atoms with van der Waals surface area (Å²) in [5.74, 6) is -1.39. The molecule has 0 saturated carbocycles. The first-order chi connectivity index (χ1) is 13.5. The zero-order valence-electron chi connectivity index (χ0n) is 16.0. The van der Waals surface area contributed by atoms with Gasteiger partial charge in [-0.1, -0.05) is 6.07 Å². The molecule has 28 heavy (non-hydrogen) atoms. The summed E-state index contributed by atoms with van der Waals surface area (Å²) in [6, 6.07) is 8.63. The summed E-state index contributed by atoms with van der Waals surface area (Å²) in [4.78, 5) is 40.3. The number of carbonyl (C=O) groups excluding carboxylic acids is 3. The van der Waals surface area contributed by atoms with Gasteiger partial charge in [0.05, 0.1) is 6.26 Å². The molecule has 2 aromatic rings. The fourth-order valence-corrected chi connectivity index (χ4v) is 3.06. The van der Waals surface area contributed by atoms with Gasteiger partial charge in [0.25, 0.3) is 5.91 Å². The Balaban J connectivity index is 1.71. The average molecular weight is 384 g/mol. The maximum absolute atomic E-state index is 12.7. The molecule has 0 aliphatic carbocycles. The molecule has 1 aromatic carbocycles. The fourth-order valence-electron chi connectivity index (χ4n) is 3.06. The van der Waals surface area contributed by atoms with E-state index >= 15 is 0 Å².